The molecule has 0 aliphatic rings. The van der Waals surface area contributed by atoms with E-state index in [1.807, 2.05) is 29.0 Å². The van der Waals surface area contributed by atoms with Crippen LogP contribution < -0.4 is 15.6 Å². The first-order valence-electron chi connectivity index (χ1n) is 11.8. The first kappa shape index (κ1) is 25.4. The van der Waals surface area contributed by atoms with Gasteiger partial charge in [-0.05, 0) is 64.0 Å². The number of anilines is 1. The van der Waals surface area contributed by atoms with Crippen molar-refractivity contribution in [2.75, 3.05) is 19.5 Å². The Balaban J connectivity index is 1.67. The van der Waals surface area contributed by atoms with Crippen molar-refractivity contribution in [2.45, 2.75) is 19.7 Å². The Morgan fingerprint density at radius 2 is 1.76 bits per heavy atom. The third kappa shape index (κ3) is 4.85. The fraction of sp³-hybridized carbons (Fsp3) is 0.179. The van der Waals surface area contributed by atoms with Gasteiger partial charge in [0.1, 0.15) is 5.15 Å². The van der Waals surface area contributed by atoms with Crippen LogP contribution in [0.1, 0.15) is 16.7 Å². The topological polar surface area (TPSA) is 94.2 Å². The summed E-state index contributed by atoms with van der Waals surface area (Å²) >= 11 is 6.50. The van der Waals surface area contributed by atoms with Crippen molar-refractivity contribution in [1.29, 1.82) is 0 Å². The summed E-state index contributed by atoms with van der Waals surface area (Å²) in [5.74, 6) is 0.334. The summed E-state index contributed by atoms with van der Waals surface area (Å²) in [5.41, 5.74) is 3.17. The molecule has 5 rings (SSSR count). The van der Waals surface area contributed by atoms with Crippen molar-refractivity contribution in [3.05, 3.63) is 105 Å². The number of nitrogens with zero attached hydrogens (tertiary/aromatic N) is 4. The molecule has 2 aromatic carbocycles. The van der Waals surface area contributed by atoms with Crippen LogP contribution in [-0.4, -0.2) is 38.4 Å². The predicted molar refractivity (Wildman–Crippen MR) is 145 cm³/mol. The molecule has 10 heteroatoms. The molecule has 0 bridgehead atoms. The lowest BCUT2D eigenvalue weighted by Crippen LogP contribution is -2.20. The van der Waals surface area contributed by atoms with Gasteiger partial charge in [0.15, 0.2) is 11.6 Å². The zero-order valence-electron chi connectivity index (χ0n) is 20.8. The van der Waals surface area contributed by atoms with Gasteiger partial charge in [0.25, 0.3) is 5.56 Å². The third-order valence-electron chi connectivity index (χ3n) is 6.38. The molecule has 0 radical (unpaired) electrons. The Kier molecular flexibility index (Phi) is 7.13. The first-order valence-corrected chi connectivity index (χ1v) is 12.2. The quantitative estimate of drug-likeness (QED) is 0.281. The molecule has 0 aliphatic heterocycles. The lowest BCUT2D eigenvalue weighted by Gasteiger charge is -2.15. The zero-order chi connectivity index (χ0) is 26.8. The molecule has 0 saturated heterocycles. The molecule has 0 saturated carbocycles. The molecule has 2 N–H and O–H groups in total. The van der Waals surface area contributed by atoms with E-state index in [0.717, 1.165) is 11.1 Å². The average Bonchev–Trinajstić information content (AvgIpc) is 3.37. The standard InChI is InChI=1S/C28H25ClFN5O3/c1-31-28-32-6-8-35(28)15-18-9-21(22-11-19(16-36)13-33-26(22)29)20-5-7-34(27(37)23(20)10-18)14-17-3-4-25(38-2)24(30)12-17/h3-13,36H,14-16H2,1-2H3,(H,31,32). The lowest BCUT2D eigenvalue weighted by atomic mass is 9.96. The normalized spacial score (nSPS) is 11.2. The summed E-state index contributed by atoms with van der Waals surface area (Å²) in [5, 5.41) is 14.2. The van der Waals surface area contributed by atoms with Gasteiger partial charge in [-0.25, -0.2) is 14.4 Å². The van der Waals surface area contributed by atoms with E-state index in [4.69, 9.17) is 16.3 Å². The number of rotatable bonds is 8. The average molecular weight is 534 g/mol. The molecule has 0 fully saturated rings. The van der Waals surface area contributed by atoms with Crippen LogP contribution in [0.4, 0.5) is 10.3 Å². The Labute approximate surface area is 222 Å². The molecular formula is C28H25ClFN5O3. The van der Waals surface area contributed by atoms with Gasteiger partial charge in [0.05, 0.1) is 26.8 Å². The van der Waals surface area contributed by atoms with Crippen LogP contribution in [0.5, 0.6) is 5.75 Å². The summed E-state index contributed by atoms with van der Waals surface area (Å²) in [4.78, 5) is 22.3. The molecule has 5 aromatic rings. The van der Waals surface area contributed by atoms with E-state index in [1.54, 1.807) is 37.6 Å². The number of fused-ring (bicyclic) bond motifs is 1. The summed E-state index contributed by atoms with van der Waals surface area (Å²) in [7, 11) is 3.19. The van der Waals surface area contributed by atoms with Crippen LogP contribution in [0, 0.1) is 5.82 Å². The second kappa shape index (κ2) is 10.6. The van der Waals surface area contributed by atoms with E-state index in [1.165, 1.54) is 23.9 Å². The number of pyridine rings is 2. The maximum atomic E-state index is 14.3. The van der Waals surface area contributed by atoms with Gasteiger partial charge in [-0.1, -0.05) is 17.7 Å². The van der Waals surface area contributed by atoms with Gasteiger partial charge >= 0.3 is 0 Å². The highest BCUT2D eigenvalue weighted by Gasteiger charge is 2.16. The van der Waals surface area contributed by atoms with Gasteiger partial charge in [-0.3, -0.25) is 4.79 Å². The molecule has 0 unspecified atom stereocenters. The molecule has 3 aromatic heterocycles. The van der Waals surface area contributed by atoms with E-state index in [9.17, 15) is 14.3 Å². The largest absolute Gasteiger partial charge is 0.494 e. The maximum absolute atomic E-state index is 14.3. The van der Waals surface area contributed by atoms with Gasteiger partial charge in [-0.15, -0.1) is 0 Å². The number of imidazole rings is 1. The molecule has 0 spiro atoms. The van der Waals surface area contributed by atoms with Crippen LogP contribution in [0.3, 0.4) is 0 Å². The Bertz CT molecular complexity index is 1700. The van der Waals surface area contributed by atoms with Crippen LogP contribution >= 0.6 is 11.6 Å². The minimum absolute atomic E-state index is 0.143. The van der Waals surface area contributed by atoms with Crippen LogP contribution in [0.2, 0.25) is 5.15 Å². The molecule has 3 heterocycles. The molecule has 194 valence electrons. The zero-order valence-corrected chi connectivity index (χ0v) is 21.5. The number of aliphatic hydroxyl groups is 1. The van der Waals surface area contributed by atoms with Crippen molar-refractivity contribution in [3.63, 3.8) is 0 Å². The minimum atomic E-state index is -0.491. The summed E-state index contributed by atoms with van der Waals surface area (Å²) in [6.07, 6.45) is 6.74. The van der Waals surface area contributed by atoms with E-state index < -0.39 is 5.82 Å². The number of halogens is 2. The highest BCUT2D eigenvalue weighted by atomic mass is 35.5. The first-order chi connectivity index (χ1) is 18.4. The van der Waals surface area contributed by atoms with Crippen molar-refractivity contribution in [1.82, 2.24) is 19.1 Å². The number of aliphatic hydroxyl groups excluding tert-OH is 1. The predicted octanol–water partition coefficient (Wildman–Crippen LogP) is 4.69. The third-order valence-corrected chi connectivity index (χ3v) is 6.68. The Morgan fingerprint density at radius 3 is 2.50 bits per heavy atom. The molecule has 38 heavy (non-hydrogen) atoms. The second-order valence-electron chi connectivity index (χ2n) is 8.79. The fourth-order valence-electron chi connectivity index (χ4n) is 4.53. The fourth-order valence-corrected chi connectivity index (χ4v) is 4.73. The molecule has 0 atom stereocenters. The van der Waals surface area contributed by atoms with Crippen molar-refractivity contribution in [2.24, 2.45) is 0 Å². The minimum Gasteiger partial charge on any atom is -0.494 e. The number of hydrogen-bond donors (Lipinski definition) is 2. The monoisotopic (exact) mass is 533 g/mol. The van der Waals surface area contributed by atoms with E-state index in [-0.39, 0.29) is 29.6 Å². The van der Waals surface area contributed by atoms with Gasteiger partial charge in [-0.2, -0.15) is 0 Å². The Morgan fingerprint density at radius 1 is 0.974 bits per heavy atom. The smallest absolute Gasteiger partial charge is 0.258 e. The number of hydrogen-bond acceptors (Lipinski definition) is 6. The van der Waals surface area contributed by atoms with Crippen LogP contribution in [0.25, 0.3) is 21.9 Å². The number of methoxy groups -OCH3 is 1. The van der Waals surface area contributed by atoms with Crippen LogP contribution in [-0.2, 0) is 19.7 Å². The molecular weight excluding hydrogens is 509 g/mol. The second-order valence-corrected chi connectivity index (χ2v) is 9.15. The summed E-state index contributed by atoms with van der Waals surface area (Å²) < 4.78 is 22.7. The van der Waals surface area contributed by atoms with Crippen molar-refractivity contribution < 1.29 is 14.2 Å². The summed E-state index contributed by atoms with van der Waals surface area (Å²) in [6.45, 7) is 0.436. The van der Waals surface area contributed by atoms with Crippen LogP contribution in [0.15, 0.2) is 72.0 Å². The maximum Gasteiger partial charge on any atom is 0.258 e. The van der Waals surface area contributed by atoms with Crippen molar-refractivity contribution >= 4 is 28.3 Å². The van der Waals surface area contributed by atoms with Gasteiger partial charge < -0.3 is 24.3 Å². The van der Waals surface area contributed by atoms with E-state index in [2.05, 4.69) is 15.3 Å². The highest BCUT2D eigenvalue weighted by Crippen LogP contribution is 2.34. The number of nitrogens with one attached hydrogen (secondary N) is 1. The van der Waals surface area contributed by atoms with Gasteiger partial charge in [0, 0.05) is 42.8 Å². The Hall–Kier alpha value is -4.21. The highest BCUT2D eigenvalue weighted by molar-refractivity contribution is 6.32. The van der Waals surface area contributed by atoms with Gasteiger partial charge in [0.2, 0.25) is 5.95 Å². The summed E-state index contributed by atoms with van der Waals surface area (Å²) in [6, 6.07) is 12.1. The lowest BCUT2D eigenvalue weighted by molar-refractivity contribution is 0.281. The molecule has 8 nitrogen and oxygen atoms in total. The number of ether oxygens (including phenoxy) is 1. The number of aromatic nitrogens is 4. The molecule has 0 amide bonds. The number of benzene rings is 2. The SMILES string of the molecule is CNc1nccn1Cc1cc(-c2cc(CO)cnc2Cl)c2ccn(Cc3ccc(OC)c(F)c3)c(=O)c2c1. The van der Waals surface area contributed by atoms with E-state index >= 15 is 0 Å². The molecule has 0 aliphatic carbocycles. The van der Waals surface area contributed by atoms with E-state index in [0.29, 0.717) is 40.0 Å². The van der Waals surface area contributed by atoms with Crippen molar-refractivity contribution in [3.8, 4) is 16.9 Å².